The van der Waals surface area contributed by atoms with Crippen LogP contribution >= 0.6 is 7.92 Å². The molecule has 2 nitrogen and oxygen atoms in total. The van der Waals surface area contributed by atoms with E-state index in [0.717, 1.165) is 12.6 Å². The Balaban J connectivity index is 0. The van der Waals surface area contributed by atoms with Crippen LogP contribution in [-0.2, 0) is 30.0 Å². The fraction of sp³-hybridized carbons (Fsp3) is 0.238. The fourth-order valence-corrected chi connectivity index (χ4v) is 4.59. The van der Waals surface area contributed by atoms with E-state index in [2.05, 4.69) is 62.0 Å². The van der Waals surface area contributed by atoms with Crippen LogP contribution in [0.2, 0.25) is 0 Å². The van der Waals surface area contributed by atoms with Crippen LogP contribution in [0.5, 0.6) is 0 Å². The summed E-state index contributed by atoms with van der Waals surface area (Å²) >= 11 is -11.2. The van der Waals surface area contributed by atoms with Gasteiger partial charge >= 0.3 is 62.7 Å². The van der Waals surface area contributed by atoms with Crippen molar-refractivity contribution in [3.63, 3.8) is 0 Å². The van der Waals surface area contributed by atoms with Gasteiger partial charge in [-0.1, -0.05) is 60.7 Å². The van der Waals surface area contributed by atoms with E-state index in [1.54, 1.807) is 0 Å². The third-order valence-electron chi connectivity index (χ3n) is 3.20. The third kappa shape index (κ3) is 22.2. The molecule has 0 bridgehead atoms. The predicted molar refractivity (Wildman–Crippen MR) is 118 cm³/mol. The van der Waals surface area contributed by atoms with Gasteiger partial charge in [-0.05, 0) is 38.0 Å². The summed E-state index contributed by atoms with van der Waals surface area (Å²) in [6.07, 6.45) is 3.89. The molecular weight excluding hydrogens is 657 g/mol. The van der Waals surface area contributed by atoms with Crippen molar-refractivity contribution in [1.29, 1.82) is 0 Å². The first kappa shape index (κ1) is 33.2. The van der Waals surface area contributed by atoms with Crippen LogP contribution < -0.4 is 10.6 Å². The number of hydrogen-bond donors (Lipinski definition) is 0. The van der Waals surface area contributed by atoms with E-state index in [9.17, 15) is 21.7 Å². The quantitative estimate of drug-likeness (QED) is 0.108. The molecule has 0 fully saturated rings. The number of rotatable bonds is 7. The summed E-state index contributed by atoms with van der Waals surface area (Å²) < 4.78 is 64.6. The molecule has 0 saturated carbocycles. The summed E-state index contributed by atoms with van der Waals surface area (Å²) in [5.41, 5.74) is 0. The Bertz CT molecular complexity index is 739. The van der Waals surface area contributed by atoms with Gasteiger partial charge in [0.15, 0.2) is 0 Å². The summed E-state index contributed by atoms with van der Waals surface area (Å²) in [4.78, 5) is 11.5. The summed E-state index contributed by atoms with van der Waals surface area (Å²) in [6, 6.07) is 21.1. The molecule has 32 heavy (non-hydrogen) atoms. The van der Waals surface area contributed by atoms with E-state index >= 15 is 0 Å². The minimum absolute atomic E-state index is 0. The minimum atomic E-state index is -11.2. The topological polar surface area (TPSA) is 26.3 Å². The smallest absolute Gasteiger partial charge is 2.00 e. The van der Waals surface area contributed by atoms with Crippen molar-refractivity contribution < 1.29 is 46.8 Å². The third-order valence-corrected chi connectivity index (χ3v) is 5.81. The van der Waals surface area contributed by atoms with Gasteiger partial charge in [0.2, 0.25) is 0 Å². The first-order valence-corrected chi connectivity index (χ1v) is 16.5. The van der Waals surface area contributed by atoms with E-state index in [1.807, 2.05) is 19.1 Å². The molecule has 0 N–H and O–H groups in total. The van der Waals surface area contributed by atoms with Gasteiger partial charge in [-0.3, -0.25) is 4.79 Å². The van der Waals surface area contributed by atoms with Gasteiger partial charge in [0, 0.05) is 6.42 Å². The number of carbonyl (C=O) groups excluding carboxylic acids is 1. The summed E-state index contributed by atoms with van der Waals surface area (Å²) in [7, 11) is -0.399. The second-order valence-corrected chi connectivity index (χ2v) is 13.8. The van der Waals surface area contributed by atoms with E-state index in [4.69, 9.17) is 4.74 Å². The van der Waals surface area contributed by atoms with E-state index in [-0.39, 0.29) is 26.4 Å². The van der Waals surface area contributed by atoms with Crippen LogP contribution in [0, 0.1) is 6.92 Å². The van der Waals surface area contributed by atoms with Crippen LogP contribution in [0.4, 0.5) is 16.9 Å². The van der Waals surface area contributed by atoms with Gasteiger partial charge in [-0.2, -0.15) is 0 Å². The number of ether oxygens (including phenoxy) is 1. The van der Waals surface area contributed by atoms with Crippen molar-refractivity contribution >= 4 is 44.0 Å². The summed E-state index contributed by atoms with van der Waals surface area (Å²) in [5, 5.41) is 2.73. The van der Waals surface area contributed by atoms with Crippen LogP contribution in [-0.4, -0.2) is 38.2 Å². The van der Waals surface area contributed by atoms with E-state index in [1.165, 1.54) is 16.7 Å². The molecule has 0 aliphatic carbocycles. The van der Waals surface area contributed by atoms with Gasteiger partial charge in [0.1, 0.15) is 0 Å². The van der Waals surface area contributed by atoms with Crippen molar-refractivity contribution in [3.05, 3.63) is 80.2 Å². The molecule has 0 heterocycles. The SMILES string of the molecule is C=C[CH2-].CCOC(=O)CCCP(c1ccccc1)c1ccccc1.[F][Sb-]([F])([F])([F])([F])[F].[Pd+2]. The van der Waals surface area contributed by atoms with Crippen molar-refractivity contribution in [2.24, 2.45) is 0 Å². The van der Waals surface area contributed by atoms with E-state index in [0.29, 0.717) is 13.0 Å². The van der Waals surface area contributed by atoms with Gasteiger partial charge in [-0.25, -0.2) is 19.6 Å². The molecule has 2 aromatic carbocycles. The van der Waals surface area contributed by atoms with Crippen molar-refractivity contribution in [2.45, 2.75) is 19.8 Å². The maximum Gasteiger partial charge on any atom is 2.00 e. The molecule has 0 saturated heterocycles. The van der Waals surface area contributed by atoms with Gasteiger partial charge in [-0.15, -0.1) is 0 Å². The predicted octanol–water partition coefficient (Wildman–Crippen LogP) is 6.61. The van der Waals surface area contributed by atoms with Crippen LogP contribution in [0.3, 0.4) is 0 Å². The van der Waals surface area contributed by atoms with E-state index < -0.39 is 27.4 Å². The minimum Gasteiger partial charge on any atom is 2.00 e. The fourth-order valence-electron chi connectivity index (χ4n) is 2.24. The molecule has 11 heteroatoms. The molecule has 184 valence electrons. The molecule has 0 atom stereocenters. The second-order valence-electron chi connectivity index (χ2n) is 5.98. The van der Waals surface area contributed by atoms with Crippen molar-refractivity contribution in [3.8, 4) is 0 Å². The maximum atomic E-state index is 11.5. The Labute approximate surface area is 202 Å². The largest absolute Gasteiger partial charge is 2.00 e. The summed E-state index contributed by atoms with van der Waals surface area (Å²) in [5.74, 6) is -0.0893. The number of benzene rings is 2. The molecule has 0 unspecified atom stereocenters. The molecule has 2 rings (SSSR count). The average Bonchev–Trinajstić information content (AvgIpc) is 2.65. The molecule has 0 aliphatic heterocycles. The Morgan fingerprint density at radius 2 is 1.31 bits per heavy atom. The first-order chi connectivity index (χ1) is 14.2. The normalized spacial score (nSPS) is 12.4. The Morgan fingerprint density at radius 1 is 0.969 bits per heavy atom. The molecule has 0 radical (unpaired) electrons. The van der Waals surface area contributed by atoms with Crippen LogP contribution in [0.15, 0.2) is 73.3 Å². The molecule has 0 aliphatic rings. The second kappa shape index (κ2) is 14.3. The number of allylic oxidation sites excluding steroid dienone is 1. The Morgan fingerprint density at radius 3 is 1.62 bits per heavy atom. The van der Waals surface area contributed by atoms with Crippen LogP contribution in [0.25, 0.3) is 0 Å². The van der Waals surface area contributed by atoms with Crippen LogP contribution in [0.1, 0.15) is 19.8 Å². The molecule has 2 aromatic rings. The molecule has 0 spiro atoms. The number of hydrogen-bond acceptors (Lipinski definition) is 2. The Hall–Kier alpha value is -0.989. The number of halogens is 6. The molecule has 0 amide bonds. The summed E-state index contributed by atoms with van der Waals surface area (Å²) in [6.45, 7) is 8.81. The zero-order valence-electron chi connectivity index (χ0n) is 17.4. The van der Waals surface area contributed by atoms with Gasteiger partial charge in [0.25, 0.3) is 0 Å². The van der Waals surface area contributed by atoms with Crippen molar-refractivity contribution in [2.75, 3.05) is 12.8 Å². The van der Waals surface area contributed by atoms with Gasteiger partial charge < -0.3 is 4.74 Å². The number of carbonyl (C=O) groups is 1. The maximum absolute atomic E-state index is 11.5. The monoisotopic (exact) mass is 682 g/mol. The standard InChI is InChI=1S/C18H21O2P.C3H5.6FH.Pd.Sb/c1-2-20-18(19)14-9-15-21(16-10-5-3-6-11-16)17-12-7-4-8-13-17;1-3-2;;;;;;;;/h3-8,10-13H,2,9,14-15H2,1H3;3H,1-2H2;6*1H;;/q;-1;;;;;;;+2;+5/p-6. The zero-order chi connectivity index (χ0) is 24.0. The Kier molecular flexibility index (Phi) is 14.8. The zero-order valence-corrected chi connectivity index (χ0v) is 22.4. The molecular formula is C21H26F6O2PPdSb. The average molecular weight is 684 g/mol. The molecule has 0 aromatic heterocycles. The van der Waals surface area contributed by atoms with Gasteiger partial charge in [0.05, 0.1) is 6.61 Å². The number of esters is 1. The first-order valence-electron chi connectivity index (χ1n) is 9.17. The van der Waals surface area contributed by atoms with Crippen molar-refractivity contribution in [1.82, 2.24) is 0 Å².